The zero-order valence-corrected chi connectivity index (χ0v) is 17.3. The highest BCUT2D eigenvalue weighted by Gasteiger charge is 2.31. The van der Waals surface area contributed by atoms with Crippen LogP contribution < -0.4 is 10.6 Å². The average Bonchev–Trinajstić information content (AvgIpc) is 3.34. The molecule has 0 bridgehead atoms. The number of nitrogens with zero attached hydrogens (tertiary/aromatic N) is 5. The molecule has 9 nitrogen and oxygen atoms in total. The first-order valence-corrected chi connectivity index (χ1v) is 11.6. The van der Waals surface area contributed by atoms with E-state index in [9.17, 15) is 8.42 Å². The minimum absolute atomic E-state index is 0.0207. The van der Waals surface area contributed by atoms with Gasteiger partial charge in [0, 0.05) is 32.2 Å². The van der Waals surface area contributed by atoms with Crippen LogP contribution in [0, 0.1) is 6.92 Å². The molecular weight excluding hydrogens is 366 g/mol. The van der Waals surface area contributed by atoms with Crippen LogP contribution in [0.2, 0.25) is 0 Å². The van der Waals surface area contributed by atoms with Crippen molar-refractivity contribution in [3.63, 3.8) is 0 Å². The first-order valence-electron chi connectivity index (χ1n) is 9.71. The van der Waals surface area contributed by atoms with Crippen LogP contribution in [0.25, 0.3) is 0 Å². The highest BCUT2D eigenvalue weighted by Crippen LogP contribution is 2.20. The van der Waals surface area contributed by atoms with Crippen molar-refractivity contribution in [3.05, 3.63) is 11.6 Å². The first kappa shape index (κ1) is 20.1. The third-order valence-corrected chi connectivity index (χ3v) is 6.84. The van der Waals surface area contributed by atoms with E-state index in [2.05, 4.69) is 25.8 Å². The number of aryl methyl sites for hydroxylation is 1. The van der Waals surface area contributed by atoms with E-state index >= 15 is 0 Å². The van der Waals surface area contributed by atoms with Crippen molar-refractivity contribution in [2.75, 3.05) is 19.3 Å². The lowest BCUT2D eigenvalue weighted by Gasteiger charge is -2.24. The monoisotopic (exact) mass is 397 g/mol. The minimum atomic E-state index is -3.17. The van der Waals surface area contributed by atoms with E-state index in [-0.39, 0.29) is 6.04 Å². The van der Waals surface area contributed by atoms with E-state index < -0.39 is 10.0 Å². The van der Waals surface area contributed by atoms with Gasteiger partial charge in [0.1, 0.15) is 12.4 Å². The summed E-state index contributed by atoms with van der Waals surface area (Å²) in [6, 6.07) is 0.403. The lowest BCUT2D eigenvalue weighted by molar-refractivity contribution is 0.386. The van der Waals surface area contributed by atoms with Gasteiger partial charge in [-0.05, 0) is 32.6 Å². The fourth-order valence-corrected chi connectivity index (χ4v) is 5.00. The van der Waals surface area contributed by atoms with Crippen LogP contribution in [0.1, 0.15) is 50.2 Å². The first-order chi connectivity index (χ1) is 12.8. The van der Waals surface area contributed by atoms with Gasteiger partial charge in [-0.1, -0.05) is 12.8 Å². The Morgan fingerprint density at radius 1 is 1.22 bits per heavy atom. The molecule has 152 valence electrons. The van der Waals surface area contributed by atoms with Crippen molar-refractivity contribution in [1.82, 2.24) is 29.7 Å². The van der Waals surface area contributed by atoms with Crippen LogP contribution in [0.4, 0.5) is 0 Å². The van der Waals surface area contributed by atoms with Crippen molar-refractivity contribution in [2.45, 2.75) is 64.1 Å². The van der Waals surface area contributed by atoms with E-state index in [0.717, 1.165) is 43.3 Å². The molecule has 0 amide bonds. The molecule has 0 spiro atoms. The Balaban J connectivity index is 1.66. The summed E-state index contributed by atoms with van der Waals surface area (Å²) in [5, 5.41) is 15.1. The molecule has 0 unspecified atom stereocenters. The van der Waals surface area contributed by atoms with E-state index in [0.29, 0.717) is 25.7 Å². The Kier molecular flexibility index (Phi) is 6.36. The molecule has 2 fully saturated rings. The van der Waals surface area contributed by atoms with Gasteiger partial charge in [0.15, 0.2) is 11.8 Å². The van der Waals surface area contributed by atoms with Crippen LogP contribution >= 0.6 is 0 Å². The van der Waals surface area contributed by atoms with Crippen LogP contribution in [0.5, 0.6) is 0 Å². The molecule has 1 atom stereocenters. The third kappa shape index (κ3) is 5.19. The van der Waals surface area contributed by atoms with Gasteiger partial charge >= 0.3 is 0 Å². The van der Waals surface area contributed by atoms with E-state index in [1.165, 1.54) is 19.1 Å². The number of aliphatic imine (C=N–C) groups is 1. The Morgan fingerprint density at radius 2 is 1.96 bits per heavy atom. The summed E-state index contributed by atoms with van der Waals surface area (Å²) < 4.78 is 27.4. The molecule has 1 aromatic rings. The van der Waals surface area contributed by atoms with E-state index in [4.69, 9.17) is 0 Å². The van der Waals surface area contributed by atoms with Crippen LogP contribution in [-0.2, 0) is 23.6 Å². The van der Waals surface area contributed by atoms with E-state index in [1.807, 2.05) is 18.5 Å². The topological polar surface area (TPSA) is 105 Å². The van der Waals surface area contributed by atoms with Gasteiger partial charge < -0.3 is 15.2 Å². The maximum absolute atomic E-state index is 12.0. The molecular formula is C17H31N7O2S. The summed E-state index contributed by atoms with van der Waals surface area (Å²) in [6.45, 7) is 3.51. The molecule has 1 saturated carbocycles. The molecule has 10 heteroatoms. The van der Waals surface area contributed by atoms with Crippen molar-refractivity contribution in [3.8, 4) is 0 Å². The summed E-state index contributed by atoms with van der Waals surface area (Å²) in [5.74, 6) is 2.38. The number of hydrogen-bond donors (Lipinski definition) is 2. The summed E-state index contributed by atoms with van der Waals surface area (Å²) in [5.41, 5.74) is 0. The number of guanidine groups is 1. The lowest BCUT2D eigenvalue weighted by atomic mass is 10.2. The maximum atomic E-state index is 12.0. The molecule has 2 aliphatic rings. The van der Waals surface area contributed by atoms with Crippen LogP contribution in [-0.4, -0.2) is 64.9 Å². The molecule has 1 saturated heterocycles. The van der Waals surface area contributed by atoms with Gasteiger partial charge in [-0.3, -0.25) is 0 Å². The number of aromatic nitrogens is 3. The lowest BCUT2D eigenvalue weighted by Crippen LogP contribution is -2.48. The van der Waals surface area contributed by atoms with Gasteiger partial charge in [-0.2, -0.15) is 4.31 Å². The molecule has 27 heavy (non-hydrogen) atoms. The van der Waals surface area contributed by atoms with Crippen LogP contribution in [0.3, 0.4) is 0 Å². The SMILES string of the molecule is Cc1nnc(CN=C(NC[C@H]2CCCN2S(C)(=O)=O)NC2CCCC2)n1C. The van der Waals surface area contributed by atoms with Crippen molar-refractivity contribution < 1.29 is 8.42 Å². The number of hydrogen-bond acceptors (Lipinski definition) is 5. The molecule has 1 aliphatic carbocycles. The zero-order valence-electron chi connectivity index (χ0n) is 16.5. The molecule has 2 N–H and O–H groups in total. The van der Waals surface area contributed by atoms with E-state index in [1.54, 1.807) is 4.31 Å². The quantitative estimate of drug-likeness (QED) is 0.536. The average molecular weight is 398 g/mol. The molecule has 1 aliphatic heterocycles. The number of rotatable bonds is 6. The Hall–Kier alpha value is -1.68. The molecule has 3 rings (SSSR count). The van der Waals surface area contributed by atoms with Crippen molar-refractivity contribution in [2.24, 2.45) is 12.0 Å². The smallest absolute Gasteiger partial charge is 0.211 e. The predicted molar refractivity (Wildman–Crippen MR) is 105 cm³/mol. The second-order valence-electron chi connectivity index (χ2n) is 7.56. The van der Waals surface area contributed by atoms with Crippen LogP contribution in [0.15, 0.2) is 4.99 Å². The van der Waals surface area contributed by atoms with Gasteiger partial charge in [-0.15, -0.1) is 10.2 Å². The normalized spacial score (nSPS) is 22.5. The second kappa shape index (κ2) is 8.55. The minimum Gasteiger partial charge on any atom is -0.355 e. The molecule has 1 aromatic heterocycles. The second-order valence-corrected chi connectivity index (χ2v) is 9.50. The third-order valence-electron chi connectivity index (χ3n) is 5.51. The largest absolute Gasteiger partial charge is 0.355 e. The van der Waals surface area contributed by atoms with Crippen molar-refractivity contribution >= 4 is 16.0 Å². The van der Waals surface area contributed by atoms with Crippen molar-refractivity contribution in [1.29, 1.82) is 0 Å². The maximum Gasteiger partial charge on any atom is 0.211 e. The Morgan fingerprint density at radius 3 is 2.59 bits per heavy atom. The summed E-state index contributed by atoms with van der Waals surface area (Å²) in [6.07, 6.45) is 7.81. The van der Waals surface area contributed by atoms with Gasteiger partial charge in [0.05, 0.1) is 6.26 Å². The Bertz CT molecular complexity index is 768. The standard InChI is InChI=1S/C17H31N7O2S/c1-13-21-22-16(23(13)2)12-19-17(20-14-7-4-5-8-14)18-11-15-9-6-10-24(15)27(3,25)26/h14-15H,4-12H2,1-3H3,(H2,18,19,20)/t15-/m1/s1. The number of nitrogens with one attached hydrogen (secondary N) is 2. The summed E-state index contributed by atoms with van der Waals surface area (Å²) in [4.78, 5) is 4.68. The van der Waals surface area contributed by atoms with Gasteiger partial charge in [-0.25, -0.2) is 13.4 Å². The van der Waals surface area contributed by atoms with Gasteiger partial charge in [0.2, 0.25) is 10.0 Å². The fourth-order valence-electron chi connectivity index (χ4n) is 3.82. The zero-order chi connectivity index (χ0) is 19.4. The fraction of sp³-hybridized carbons (Fsp3) is 0.824. The number of sulfonamides is 1. The molecule has 0 aromatic carbocycles. The summed E-state index contributed by atoms with van der Waals surface area (Å²) in [7, 11) is -1.24. The molecule has 2 heterocycles. The highest BCUT2D eigenvalue weighted by atomic mass is 32.2. The highest BCUT2D eigenvalue weighted by molar-refractivity contribution is 7.88. The Labute approximate surface area is 161 Å². The predicted octanol–water partition coefficient (Wildman–Crippen LogP) is 0.525. The van der Waals surface area contributed by atoms with Gasteiger partial charge in [0.25, 0.3) is 0 Å². The molecule has 0 radical (unpaired) electrons. The summed E-state index contributed by atoms with van der Waals surface area (Å²) >= 11 is 0.